The summed E-state index contributed by atoms with van der Waals surface area (Å²) in [7, 11) is 0. The Morgan fingerprint density at radius 2 is 1.69 bits per heavy atom. The van der Waals surface area contributed by atoms with Crippen molar-refractivity contribution in [3.8, 4) is 0 Å². The van der Waals surface area contributed by atoms with Crippen LogP contribution in [0.5, 0.6) is 0 Å². The third kappa shape index (κ3) is 4.45. The second kappa shape index (κ2) is 9.58. The van der Waals surface area contributed by atoms with E-state index in [1.54, 1.807) is 11.8 Å². The van der Waals surface area contributed by atoms with E-state index in [0.717, 1.165) is 28.9 Å². The lowest BCUT2D eigenvalue weighted by Gasteiger charge is -2.21. The number of para-hydroxylation sites is 1. The lowest BCUT2D eigenvalue weighted by Crippen LogP contribution is -2.30. The number of aliphatic imine (C=N–C) groups is 1. The second-order valence-electron chi connectivity index (χ2n) is 7.70. The molecule has 4 rings (SSSR count). The highest BCUT2D eigenvalue weighted by Gasteiger charge is 2.35. The summed E-state index contributed by atoms with van der Waals surface area (Å²) in [5.74, 6) is -0.611. The molecule has 3 aromatic rings. The van der Waals surface area contributed by atoms with Crippen LogP contribution >= 0.6 is 0 Å². The zero-order valence-corrected chi connectivity index (χ0v) is 18.0. The first-order valence-electron chi connectivity index (χ1n) is 10.7. The molecule has 162 valence electrons. The summed E-state index contributed by atoms with van der Waals surface area (Å²) in [6.07, 6.45) is 0.730. The predicted octanol–water partition coefficient (Wildman–Crippen LogP) is 4.25. The molecular formula is C26H26N4O2. The van der Waals surface area contributed by atoms with Crippen molar-refractivity contribution < 1.29 is 9.59 Å². The first-order chi connectivity index (χ1) is 15.6. The number of anilines is 2. The summed E-state index contributed by atoms with van der Waals surface area (Å²) in [6, 6.07) is 24.9. The van der Waals surface area contributed by atoms with Gasteiger partial charge in [0.15, 0.2) is 0 Å². The van der Waals surface area contributed by atoms with Crippen LogP contribution in [0.1, 0.15) is 30.4 Å². The minimum Gasteiger partial charge on any atom is -0.330 e. The maximum absolute atomic E-state index is 12.9. The van der Waals surface area contributed by atoms with Crippen LogP contribution in [0.3, 0.4) is 0 Å². The van der Waals surface area contributed by atoms with E-state index in [1.807, 2.05) is 78.9 Å². The fourth-order valence-corrected chi connectivity index (χ4v) is 3.95. The van der Waals surface area contributed by atoms with Crippen LogP contribution in [0.15, 0.2) is 83.9 Å². The van der Waals surface area contributed by atoms with Crippen molar-refractivity contribution in [3.63, 3.8) is 0 Å². The third-order valence-electron chi connectivity index (χ3n) is 5.51. The van der Waals surface area contributed by atoms with Crippen molar-refractivity contribution >= 4 is 34.6 Å². The van der Waals surface area contributed by atoms with Crippen molar-refractivity contribution in [2.45, 2.75) is 19.3 Å². The van der Waals surface area contributed by atoms with Gasteiger partial charge in [-0.1, -0.05) is 48.5 Å². The number of hydrogen-bond donors (Lipinski definition) is 2. The molecule has 1 aliphatic heterocycles. The third-order valence-corrected chi connectivity index (χ3v) is 5.51. The number of carbonyl (C=O) groups is 2. The molecule has 6 nitrogen and oxygen atoms in total. The van der Waals surface area contributed by atoms with Gasteiger partial charge in [-0.05, 0) is 54.4 Å². The Bertz CT molecular complexity index is 1140. The van der Waals surface area contributed by atoms with E-state index >= 15 is 0 Å². The van der Waals surface area contributed by atoms with E-state index in [-0.39, 0.29) is 11.8 Å². The summed E-state index contributed by atoms with van der Waals surface area (Å²) >= 11 is 0. The van der Waals surface area contributed by atoms with Gasteiger partial charge in [-0.25, -0.2) is 0 Å². The van der Waals surface area contributed by atoms with Gasteiger partial charge in [0.1, 0.15) is 5.92 Å². The second-order valence-corrected chi connectivity index (χ2v) is 7.70. The number of hydrogen-bond acceptors (Lipinski definition) is 4. The van der Waals surface area contributed by atoms with Gasteiger partial charge < -0.3 is 16.0 Å². The minimum atomic E-state index is -0.494. The number of nitrogens with one attached hydrogen (secondary N) is 1. The average Bonchev–Trinajstić information content (AvgIpc) is 3.14. The zero-order chi connectivity index (χ0) is 22.5. The first kappa shape index (κ1) is 21.5. The van der Waals surface area contributed by atoms with Crippen molar-refractivity contribution in [3.05, 3.63) is 90.0 Å². The molecule has 0 aliphatic carbocycles. The van der Waals surface area contributed by atoms with Crippen molar-refractivity contribution in [2.75, 3.05) is 23.3 Å². The molecular weight excluding hydrogens is 400 g/mol. The first-order valence-corrected chi connectivity index (χ1v) is 10.7. The van der Waals surface area contributed by atoms with E-state index in [4.69, 9.17) is 10.7 Å². The molecule has 1 atom stereocenters. The van der Waals surface area contributed by atoms with Gasteiger partial charge in [0.05, 0.1) is 11.4 Å². The number of amides is 2. The molecule has 1 aliphatic rings. The number of fused-ring (bicyclic) bond motifs is 1. The van der Waals surface area contributed by atoms with E-state index in [2.05, 4.69) is 5.32 Å². The standard InChI is InChI=1S/C26H26N4O2/c1-18(31)30(17-7-16-27)21-14-12-20(13-15-21)28-25(19-8-3-2-4-9-19)24-22-10-5-6-11-23(22)29-26(24)32/h2-6,8-15,24H,7,16-17,27H2,1H3,(H,29,32). The van der Waals surface area contributed by atoms with E-state index in [1.165, 1.54) is 0 Å². The van der Waals surface area contributed by atoms with Gasteiger partial charge >= 0.3 is 0 Å². The molecule has 0 aromatic heterocycles. The quantitative estimate of drug-likeness (QED) is 0.554. The van der Waals surface area contributed by atoms with Crippen LogP contribution in [-0.4, -0.2) is 30.6 Å². The summed E-state index contributed by atoms with van der Waals surface area (Å²) in [6.45, 7) is 2.65. The molecule has 1 unspecified atom stereocenters. The Balaban J connectivity index is 1.72. The van der Waals surface area contributed by atoms with E-state index < -0.39 is 5.92 Å². The van der Waals surface area contributed by atoms with E-state index in [9.17, 15) is 9.59 Å². The van der Waals surface area contributed by atoms with Crippen LogP contribution in [0.2, 0.25) is 0 Å². The molecule has 0 fully saturated rings. The number of rotatable bonds is 7. The largest absolute Gasteiger partial charge is 0.330 e. The van der Waals surface area contributed by atoms with E-state index in [0.29, 0.717) is 24.5 Å². The molecule has 32 heavy (non-hydrogen) atoms. The van der Waals surface area contributed by atoms with Gasteiger partial charge in [-0.2, -0.15) is 0 Å². The highest BCUT2D eigenvalue weighted by Crippen LogP contribution is 2.36. The molecule has 0 radical (unpaired) electrons. The molecule has 0 bridgehead atoms. The number of carbonyl (C=O) groups excluding carboxylic acids is 2. The molecule has 6 heteroatoms. The van der Waals surface area contributed by atoms with Crippen molar-refractivity contribution in [2.24, 2.45) is 10.7 Å². The van der Waals surface area contributed by atoms with Crippen LogP contribution in [-0.2, 0) is 9.59 Å². The summed E-state index contributed by atoms with van der Waals surface area (Å²) in [4.78, 5) is 31.6. The number of nitrogens with zero attached hydrogens (tertiary/aromatic N) is 2. The van der Waals surface area contributed by atoms with Crippen LogP contribution in [0.4, 0.5) is 17.1 Å². The van der Waals surface area contributed by atoms with Crippen molar-refractivity contribution in [1.29, 1.82) is 0 Å². The lowest BCUT2D eigenvalue weighted by atomic mass is 9.90. The molecule has 0 saturated carbocycles. The summed E-state index contributed by atoms with van der Waals surface area (Å²) < 4.78 is 0. The van der Waals surface area contributed by atoms with Crippen LogP contribution in [0.25, 0.3) is 0 Å². The van der Waals surface area contributed by atoms with Crippen molar-refractivity contribution in [1.82, 2.24) is 0 Å². The fourth-order valence-electron chi connectivity index (χ4n) is 3.95. The highest BCUT2D eigenvalue weighted by atomic mass is 16.2. The zero-order valence-electron chi connectivity index (χ0n) is 18.0. The minimum absolute atomic E-state index is 0.0288. The fraction of sp³-hybridized carbons (Fsp3) is 0.192. The monoisotopic (exact) mass is 426 g/mol. The summed E-state index contributed by atoms with van der Waals surface area (Å²) in [5.41, 5.74) is 10.4. The molecule has 3 N–H and O–H groups in total. The Morgan fingerprint density at radius 3 is 2.38 bits per heavy atom. The Kier molecular flexibility index (Phi) is 6.42. The summed E-state index contributed by atoms with van der Waals surface area (Å²) in [5, 5.41) is 2.97. The highest BCUT2D eigenvalue weighted by molar-refractivity contribution is 6.24. The van der Waals surface area contributed by atoms with Gasteiger partial charge in [0.2, 0.25) is 11.8 Å². The normalized spacial score (nSPS) is 15.2. The Morgan fingerprint density at radius 1 is 1.00 bits per heavy atom. The van der Waals surface area contributed by atoms with Gasteiger partial charge in [-0.3, -0.25) is 14.6 Å². The molecule has 0 spiro atoms. The molecule has 3 aromatic carbocycles. The Hall–Kier alpha value is -3.77. The Labute approximate surface area is 187 Å². The SMILES string of the molecule is CC(=O)N(CCCN)c1ccc(N=C(c2ccccc2)C2C(=O)Nc3ccccc32)cc1. The molecule has 2 amide bonds. The van der Waals surface area contributed by atoms with Crippen LogP contribution < -0.4 is 16.0 Å². The maximum Gasteiger partial charge on any atom is 0.238 e. The average molecular weight is 427 g/mol. The van der Waals surface area contributed by atoms with Gasteiger partial charge in [-0.15, -0.1) is 0 Å². The lowest BCUT2D eigenvalue weighted by molar-refractivity contribution is -0.117. The topological polar surface area (TPSA) is 87.8 Å². The number of nitrogens with two attached hydrogens (primary N) is 1. The van der Waals surface area contributed by atoms with Gasteiger partial charge in [0.25, 0.3) is 0 Å². The molecule has 0 saturated heterocycles. The number of benzene rings is 3. The molecule has 1 heterocycles. The van der Waals surface area contributed by atoms with Gasteiger partial charge in [0, 0.05) is 24.8 Å². The smallest absolute Gasteiger partial charge is 0.238 e. The maximum atomic E-state index is 12.9. The van der Waals surface area contributed by atoms with Crippen LogP contribution in [0, 0.1) is 0 Å². The predicted molar refractivity (Wildman–Crippen MR) is 129 cm³/mol.